The monoisotopic (exact) mass is 389 g/mol. The zero-order valence-electron chi connectivity index (χ0n) is 14.5. The van der Waals surface area contributed by atoms with Gasteiger partial charge in [0.05, 0.1) is 5.69 Å². The number of hydrogen-bond acceptors (Lipinski definition) is 3. The van der Waals surface area contributed by atoms with Crippen molar-refractivity contribution in [3.05, 3.63) is 33.8 Å². The molecule has 5 heteroatoms. The van der Waals surface area contributed by atoms with Crippen molar-refractivity contribution in [3.8, 4) is 6.07 Å². The number of hydrogen-bond donors (Lipinski definition) is 1. The zero-order valence-corrected chi connectivity index (χ0v) is 16.1. The molecule has 1 aromatic rings. The summed E-state index contributed by atoms with van der Waals surface area (Å²) in [6.45, 7) is 2.16. The third-order valence-electron chi connectivity index (χ3n) is 4.56. The highest BCUT2D eigenvalue weighted by Gasteiger charge is 2.24. The van der Waals surface area contributed by atoms with Gasteiger partial charge < -0.3 is 10.2 Å². The Balaban J connectivity index is 2.15. The molecule has 0 aromatic heterocycles. The minimum atomic E-state index is -0.274. The molecule has 4 nitrogen and oxygen atoms in total. The van der Waals surface area contributed by atoms with Crippen LogP contribution in [0, 0.1) is 17.2 Å². The minimum Gasteiger partial charge on any atom is -0.377 e. The van der Waals surface area contributed by atoms with Gasteiger partial charge in [0, 0.05) is 24.6 Å². The summed E-state index contributed by atoms with van der Waals surface area (Å²) in [5.74, 6) is 0.195. The molecular weight excluding hydrogens is 366 g/mol. The first-order chi connectivity index (χ1) is 11.4. The van der Waals surface area contributed by atoms with E-state index in [-0.39, 0.29) is 17.5 Å². The largest absolute Gasteiger partial charge is 0.377 e. The van der Waals surface area contributed by atoms with Crippen LogP contribution in [0.25, 0.3) is 6.08 Å². The summed E-state index contributed by atoms with van der Waals surface area (Å²) < 4.78 is 0.930. The van der Waals surface area contributed by atoms with Crippen molar-refractivity contribution in [1.29, 1.82) is 5.26 Å². The molecule has 1 aromatic carbocycles. The highest BCUT2D eigenvalue weighted by Crippen LogP contribution is 2.27. The summed E-state index contributed by atoms with van der Waals surface area (Å²) in [7, 11) is 3.93. The molecule has 1 fully saturated rings. The van der Waals surface area contributed by atoms with E-state index in [1.165, 1.54) is 6.42 Å². The van der Waals surface area contributed by atoms with Crippen LogP contribution in [0.4, 0.5) is 5.69 Å². The Hall–Kier alpha value is -1.80. The molecule has 0 saturated heterocycles. The number of nitriles is 1. The Kier molecular flexibility index (Phi) is 6.44. The van der Waals surface area contributed by atoms with Gasteiger partial charge in [-0.2, -0.15) is 5.26 Å². The van der Waals surface area contributed by atoms with E-state index >= 15 is 0 Å². The number of benzene rings is 1. The number of nitrogens with zero attached hydrogens (tertiary/aromatic N) is 2. The summed E-state index contributed by atoms with van der Waals surface area (Å²) in [5.41, 5.74) is 2.03. The Morgan fingerprint density at radius 3 is 2.67 bits per heavy atom. The van der Waals surface area contributed by atoms with E-state index in [2.05, 4.69) is 28.2 Å². The Bertz CT molecular complexity index is 676. The van der Waals surface area contributed by atoms with Gasteiger partial charge in [0.15, 0.2) is 0 Å². The lowest BCUT2D eigenvalue weighted by molar-refractivity contribution is -0.118. The second-order valence-corrected chi connectivity index (χ2v) is 7.47. The first-order valence-corrected chi connectivity index (χ1v) is 9.11. The predicted molar refractivity (Wildman–Crippen MR) is 102 cm³/mol. The highest BCUT2D eigenvalue weighted by molar-refractivity contribution is 9.10. The Morgan fingerprint density at radius 1 is 1.38 bits per heavy atom. The lowest BCUT2D eigenvalue weighted by Crippen LogP contribution is -2.41. The van der Waals surface area contributed by atoms with E-state index in [0.29, 0.717) is 5.92 Å². The number of amides is 1. The molecule has 0 radical (unpaired) electrons. The van der Waals surface area contributed by atoms with Crippen molar-refractivity contribution in [3.63, 3.8) is 0 Å². The zero-order chi connectivity index (χ0) is 17.7. The quantitative estimate of drug-likeness (QED) is 0.622. The van der Waals surface area contributed by atoms with Crippen LogP contribution in [-0.4, -0.2) is 26.0 Å². The van der Waals surface area contributed by atoms with E-state index in [4.69, 9.17) is 0 Å². The molecule has 0 spiro atoms. The molecule has 2 atom stereocenters. The smallest absolute Gasteiger partial charge is 0.262 e. The van der Waals surface area contributed by atoms with Crippen LogP contribution in [0.1, 0.15) is 38.2 Å². The lowest BCUT2D eigenvalue weighted by atomic mass is 9.86. The summed E-state index contributed by atoms with van der Waals surface area (Å²) in [4.78, 5) is 14.4. The number of halogens is 1. The van der Waals surface area contributed by atoms with Crippen molar-refractivity contribution >= 4 is 33.6 Å². The van der Waals surface area contributed by atoms with Crippen LogP contribution >= 0.6 is 15.9 Å². The number of carbonyl (C=O) groups excluding carboxylic acids is 1. The average molecular weight is 390 g/mol. The van der Waals surface area contributed by atoms with Gasteiger partial charge in [0.25, 0.3) is 5.91 Å². The first kappa shape index (κ1) is 18.5. The first-order valence-electron chi connectivity index (χ1n) is 8.32. The fraction of sp³-hybridized carbons (Fsp3) is 0.474. The minimum absolute atomic E-state index is 0.150. The fourth-order valence-corrected chi connectivity index (χ4v) is 3.82. The van der Waals surface area contributed by atoms with Crippen LogP contribution < -0.4 is 10.2 Å². The number of anilines is 1. The fourth-order valence-electron chi connectivity index (χ4n) is 3.07. The molecule has 0 heterocycles. The van der Waals surface area contributed by atoms with Crippen molar-refractivity contribution in [2.75, 3.05) is 19.0 Å². The van der Waals surface area contributed by atoms with Gasteiger partial charge in [-0.1, -0.05) is 25.8 Å². The highest BCUT2D eigenvalue weighted by atomic mass is 79.9. The molecule has 2 unspecified atom stereocenters. The van der Waals surface area contributed by atoms with Crippen LogP contribution in [-0.2, 0) is 4.79 Å². The van der Waals surface area contributed by atoms with Crippen molar-refractivity contribution in [2.45, 2.75) is 38.6 Å². The number of carbonyl (C=O) groups is 1. The van der Waals surface area contributed by atoms with Crippen LogP contribution in [0.3, 0.4) is 0 Å². The molecule has 1 saturated carbocycles. The predicted octanol–water partition coefficient (Wildman–Crippen LogP) is 4.12. The molecular formula is C19H24BrN3O. The third-order valence-corrected chi connectivity index (χ3v) is 5.19. The molecule has 1 N–H and O–H groups in total. The van der Waals surface area contributed by atoms with Gasteiger partial charge in [-0.25, -0.2) is 0 Å². The molecule has 24 heavy (non-hydrogen) atoms. The summed E-state index contributed by atoms with van der Waals surface area (Å²) in [5, 5.41) is 12.4. The maximum absolute atomic E-state index is 12.4. The topological polar surface area (TPSA) is 56.1 Å². The second-order valence-electron chi connectivity index (χ2n) is 6.62. The standard InChI is InChI=1S/C19H24BrN3O/c1-13-6-4-5-7-17(13)22-19(24)15(12-21)10-14-8-9-18(23(2)3)16(20)11-14/h8-11,13,17H,4-7H2,1-3H3,(H,22,24). The third kappa shape index (κ3) is 4.61. The maximum Gasteiger partial charge on any atom is 0.262 e. The van der Waals surface area contributed by atoms with E-state index in [1.807, 2.05) is 43.3 Å². The van der Waals surface area contributed by atoms with Crippen molar-refractivity contribution < 1.29 is 4.79 Å². The van der Waals surface area contributed by atoms with Gasteiger partial charge in [0.2, 0.25) is 0 Å². The van der Waals surface area contributed by atoms with Gasteiger partial charge >= 0.3 is 0 Å². The normalized spacial score (nSPS) is 21.0. The van der Waals surface area contributed by atoms with E-state index in [0.717, 1.165) is 35.0 Å². The van der Waals surface area contributed by atoms with Gasteiger partial charge in [0.1, 0.15) is 11.6 Å². The lowest BCUT2D eigenvalue weighted by Gasteiger charge is -2.29. The molecule has 0 bridgehead atoms. The second kappa shape index (κ2) is 8.34. The van der Waals surface area contributed by atoms with E-state index in [9.17, 15) is 10.1 Å². The maximum atomic E-state index is 12.4. The number of rotatable bonds is 4. The summed E-state index contributed by atoms with van der Waals surface area (Å²) >= 11 is 3.53. The van der Waals surface area contributed by atoms with E-state index in [1.54, 1.807) is 6.08 Å². The molecule has 1 aliphatic carbocycles. The number of nitrogens with one attached hydrogen (secondary N) is 1. The SMILES string of the molecule is CC1CCCCC1NC(=O)C(C#N)=Cc1ccc(N(C)C)c(Br)c1. The van der Waals surface area contributed by atoms with Crippen LogP contribution in [0.15, 0.2) is 28.2 Å². The van der Waals surface area contributed by atoms with Crippen molar-refractivity contribution in [1.82, 2.24) is 5.32 Å². The Labute approximate surface area is 152 Å². The molecule has 2 rings (SSSR count). The summed E-state index contributed by atoms with van der Waals surface area (Å²) in [6.07, 6.45) is 6.14. The molecule has 1 aliphatic rings. The molecule has 128 valence electrons. The van der Waals surface area contributed by atoms with Crippen LogP contribution in [0.5, 0.6) is 0 Å². The summed E-state index contributed by atoms with van der Waals surface area (Å²) in [6, 6.07) is 8.00. The molecule has 1 amide bonds. The van der Waals surface area contributed by atoms with Gasteiger partial charge in [-0.15, -0.1) is 0 Å². The van der Waals surface area contributed by atoms with Gasteiger partial charge in [-0.05, 0) is 58.5 Å². The van der Waals surface area contributed by atoms with Gasteiger partial charge in [-0.3, -0.25) is 4.79 Å². The average Bonchev–Trinajstić information content (AvgIpc) is 2.54. The Morgan fingerprint density at radius 2 is 2.08 bits per heavy atom. The van der Waals surface area contributed by atoms with E-state index < -0.39 is 0 Å². The molecule has 0 aliphatic heterocycles. The van der Waals surface area contributed by atoms with Crippen molar-refractivity contribution in [2.24, 2.45) is 5.92 Å². The van der Waals surface area contributed by atoms with Crippen LogP contribution in [0.2, 0.25) is 0 Å².